The van der Waals surface area contributed by atoms with E-state index in [1.807, 2.05) is 0 Å². The van der Waals surface area contributed by atoms with E-state index in [-0.39, 0.29) is 12.5 Å². The second-order valence-corrected chi connectivity index (χ2v) is 4.97. The van der Waals surface area contributed by atoms with Gasteiger partial charge in [0, 0.05) is 4.47 Å². The minimum Gasteiger partial charge on any atom is -0.394 e. The molecule has 0 saturated heterocycles. The molecule has 16 heavy (non-hydrogen) atoms. The Labute approximate surface area is 102 Å². The fourth-order valence-electron chi connectivity index (χ4n) is 1.09. The summed E-state index contributed by atoms with van der Waals surface area (Å²) in [6.07, 6.45) is 0. The summed E-state index contributed by atoms with van der Waals surface area (Å²) >= 11 is 3.11. The molecule has 88 valence electrons. The van der Waals surface area contributed by atoms with E-state index in [0.29, 0.717) is 10.0 Å². The number of rotatable bonds is 3. The van der Waals surface area contributed by atoms with Crippen molar-refractivity contribution in [2.45, 2.75) is 19.4 Å². The van der Waals surface area contributed by atoms with Crippen molar-refractivity contribution < 1.29 is 14.3 Å². The van der Waals surface area contributed by atoms with Crippen LogP contribution in [0.3, 0.4) is 0 Å². The number of hydrogen-bond acceptors (Lipinski definition) is 2. The molecule has 1 amide bonds. The van der Waals surface area contributed by atoms with E-state index in [4.69, 9.17) is 5.11 Å². The van der Waals surface area contributed by atoms with Gasteiger partial charge in [-0.1, -0.05) is 0 Å². The zero-order chi connectivity index (χ0) is 12.3. The number of carbonyl (C=O) groups is 1. The van der Waals surface area contributed by atoms with Crippen LogP contribution < -0.4 is 5.32 Å². The Morgan fingerprint density at radius 1 is 1.56 bits per heavy atom. The van der Waals surface area contributed by atoms with Crippen LogP contribution in [0.2, 0.25) is 0 Å². The molecule has 0 aliphatic rings. The highest BCUT2D eigenvalue weighted by Crippen LogP contribution is 2.18. The average molecular weight is 290 g/mol. The van der Waals surface area contributed by atoms with Crippen molar-refractivity contribution in [2.75, 3.05) is 6.61 Å². The summed E-state index contributed by atoms with van der Waals surface area (Å²) in [6.45, 7) is 3.22. The molecule has 1 aromatic rings. The van der Waals surface area contributed by atoms with Crippen LogP contribution >= 0.6 is 15.9 Å². The van der Waals surface area contributed by atoms with Crippen LogP contribution in [0.1, 0.15) is 24.2 Å². The average Bonchev–Trinajstić information content (AvgIpc) is 2.16. The van der Waals surface area contributed by atoms with Gasteiger partial charge in [0.2, 0.25) is 0 Å². The number of benzene rings is 1. The summed E-state index contributed by atoms with van der Waals surface area (Å²) in [6, 6.07) is 3.83. The molecule has 0 heterocycles. The van der Waals surface area contributed by atoms with Crippen molar-refractivity contribution in [1.29, 1.82) is 0 Å². The van der Waals surface area contributed by atoms with Crippen LogP contribution in [0.5, 0.6) is 0 Å². The molecule has 0 aliphatic carbocycles. The molecule has 5 heteroatoms. The van der Waals surface area contributed by atoms with Crippen LogP contribution in [0.25, 0.3) is 0 Å². The van der Waals surface area contributed by atoms with E-state index < -0.39 is 11.4 Å². The van der Waals surface area contributed by atoms with Gasteiger partial charge in [0.25, 0.3) is 5.91 Å². The molecule has 2 N–H and O–H groups in total. The Hall–Kier alpha value is -0.940. The molecule has 0 atom stereocenters. The number of nitrogens with one attached hydrogen (secondary N) is 1. The lowest BCUT2D eigenvalue weighted by molar-refractivity contribution is 0.0868. The zero-order valence-corrected chi connectivity index (χ0v) is 10.6. The Bertz CT molecular complexity index is 407. The van der Waals surface area contributed by atoms with E-state index in [2.05, 4.69) is 21.2 Å². The van der Waals surface area contributed by atoms with Gasteiger partial charge in [-0.25, -0.2) is 4.39 Å². The number of carbonyl (C=O) groups excluding carboxylic acids is 1. The van der Waals surface area contributed by atoms with Crippen molar-refractivity contribution >= 4 is 21.8 Å². The molecule has 1 aromatic carbocycles. The Morgan fingerprint density at radius 2 is 2.19 bits per heavy atom. The third-order valence-corrected chi connectivity index (χ3v) is 2.68. The predicted molar refractivity (Wildman–Crippen MR) is 62.7 cm³/mol. The highest BCUT2D eigenvalue weighted by molar-refractivity contribution is 9.10. The summed E-state index contributed by atoms with van der Waals surface area (Å²) in [7, 11) is 0. The van der Waals surface area contributed by atoms with E-state index in [0.717, 1.165) is 0 Å². The molecule has 0 fully saturated rings. The molecule has 0 saturated carbocycles. The minimum atomic E-state index is -0.703. The second-order valence-electron chi connectivity index (χ2n) is 4.12. The second kappa shape index (κ2) is 4.93. The van der Waals surface area contributed by atoms with Gasteiger partial charge in [-0.15, -0.1) is 0 Å². The van der Waals surface area contributed by atoms with E-state index in [1.54, 1.807) is 13.8 Å². The van der Waals surface area contributed by atoms with Gasteiger partial charge in [-0.2, -0.15) is 0 Å². The normalized spacial score (nSPS) is 11.3. The van der Waals surface area contributed by atoms with Crippen molar-refractivity contribution in [3.05, 3.63) is 34.1 Å². The maximum Gasteiger partial charge on any atom is 0.252 e. The van der Waals surface area contributed by atoms with Crippen molar-refractivity contribution in [2.24, 2.45) is 0 Å². The lowest BCUT2D eigenvalue weighted by Crippen LogP contribution is -2.46. The maximum absolute atomic E-state index is 12.8. The molecule has 0 aliphatic heterocycles. The largest absolute Gasteiger partial charge is 0.394 e. The standard InChI is InChI=1S/C11H13BrFNO2/c1-11(2,6-15)14-10(16)8-4-3-7(13)5-9(8)12/h3-5,15H,6H2,1-2H3,(H,14,16). The van der Waals surface area contributed by atoms with Gasteiger partial charge in [-0.05, 0) is 48.0 Å². The zero-order valence-electron chi connectivity index (χ0n) is 9.05. The number of hydrogen-bond donors (Lipinski definition) is 2. The molecular formula is C11H13BrFNO2. The number of aliphatic hydroxyl groups excluding tert-OH is 1. The summed E-state index contributed by atoms with van der Waals surface area (Å²) < 4.78 is 13.2. The quantitative estimate of drug-likeness (QED) is 0.895. The summed E-state index contributed by atoms with van der Waals surface area (Å²) in [5, 5.41) is 11.7. The Kier molecular flexibility index (Phi) is 4.04. The predicted octanol–water partition coefficient (Wildman–Crippen LogP) is 2.09. The first-order valence-electron chi connectivity index (χ1n) is 4.74. The highest BCUT2D eigenvalue weighted by Gasteiger charge is 2.21. The van der Waals surface area contributed by atoms with E-state index in [1.165, 1.54) is 18.2 Å². The Morgan fingerprint density at radius 3 is 2.69 bits per heavy atom. The van der Waals surface area contributed by atoms with Gasteiger partial charge in [0.05, 0.1) is 17.7 Å². The third-order valence-electron chi connectivity index (χ3n) is 2.02. The minimum absolute atomic E-state index is 0.169. The molecule has 0 unspecified atom stereocenters. The Balaban J connectivity index is 2.89. The number of amides is 1. The van der Waals surface area contributed by atoms with Gasteiger partial charge >= 0.3 is 0 Å². The SMILES string of the molecule is CC(C)(CO)NC(=O)c1ccc(F)cc1Br. The van der Waals surface area contributed by atoms with E-state index >= 15 is 0 Å². The fourth-order valence-corrected chi connectivity index (χ4v) is 1.62. The first-order chi connectivity index (χ1) is 7.35. The van der Waals surface area contributed by atoms with Crippen molar-refractivity contribution in [3.8, 4) is 0 Å². The highest BCUT2D eigenvalue weighted by atomic mass is 79.9. The lowest BCUT2D eigenvalue weighted by Gasteiger charge is -2.23. The van der Waals surface area contributed by atoms with Gasteiger partial charge in [0.15, 0.2) is 0 Å². The number of halogens is 2. The lowest BCUT2D eigenvalue weighted by atomic mass is 10.1. The van der Waals surface area contributed by atoms with Gasteiger partial charge in [-0.3, -0.25) is 4.79 Å². The van der Waals surface area contributed by atoms with Gasteiger partial charge < -0.3 is 10.4 Å². The van der Waals surface area contributed by atoms with Crippen LogP contribution in [-0.4, -0.2) is 23.2 Å². The summed E-state index contributed by atoms with van der Waals surface area (Å²) in [5.74, 6) is -0.768. The molecule has 3 nitrogen and oxygen atoms in total. The third kappa shape index (κ3) is 3.28. The molecule has 0 bridgehead atoms. The maximum atomic E-state index is 12.8. The topological polar surface area (TPSA) is 49.3 Å². The van der Waals surface area contributed by atoms with Crippen LogP contribution in [0.15, 0.2) is 22.7 Å². The van der Waals surface area contributed by atoms with Crippen LogP contribution in [0.4, 0.5) is 4.39 Å². The molecule has 1 rings (SSSR count). The summed E-state index contributed by atoms with van der Waals surface area (Å²) in [4.78, 5) is 11.8. The van der Waals surface area contributed by atoms with Crippen LogP contribution in [-0.2, 0) is 0 Å². The van der Waals surface area contributed by atoms with Crippen molar-refractivity contribution in [1.82, 2.24) is 5.32 Å². The molecule has 0 spiro atoms. The monoisotopic (exact) mass is 289 g/mol. The number of aliphatic hydroxyl groups is 1. The van der Waals surface area contributed by atoms with E-state index in [9.17, 15) is 9.18 Å². The van der Waals surface area contributed by atoms with Gasteiger partial charge in [0.1, 0.15) is 5.82 Å². The molecular weight excluding hydrogens is 277 g/mol. The first kappa shape index (κ1) is 13.1. The molecule has 0 aromatic heterocycles. The van der Waals surface area contributed by atoms with Crippen LogP contribution in [0, 0.1) is 5.82 Å². The first-order valence-corrected chi connectivity index (χ1v) is 5.53. The fraction of sp³-hybridized carbons (Fsp3) is 0.364. The summed E-state index contributed by atoms with van der Waals surface area (Å²) in [5.41, 5.74) is -0.367. The van der Waals surface area contributed by atoms with Crippen molar-refractivity contribution in [3.63, 3.8) is 0 Å². The smallest absolute Gasteiger partial charge is 0.252 e. The molecule has 0 radical (unpaired) electrons.